The zero-order valence-electron chi connectivity index (χ0n) is 7.04. The van der Waals surface area contributed by atoms with Crippen molar-refractivity contribution >= 4 is 5.97 Å². The van der Waals surface area contributed by atoms with Crippen LogP contribution in [-0.4, -0.2) is 13.1 Å². The first-order valence-electron chi connectivity index (χ1n) is 3.98. The fourth-order valence-electron chi connectivity index (χ4n) is 1.46. The Morgan fingerprint density at radius 2 is 2.36 bits per heavy atom. The second-order valence-electron chi connectivity index (χ2n) is 3.10. The Morgan fingerprint density at radius 3 is 2.91 bits per heavy atom. The van der Waals surface area contributed by atoms with Crippen LogP contribution in [0.4, 0.5) is 0 Å². The molecule has 2 unspecified atom stereocenters. The van der Waals surface area contributed by atoms with Crippen LogP contribution in [0.2, 0.25) is 0 Å². The number of allylic oxidation sites excluding steroid dienone is 2. The van der Waals surface area contributed by atoms with Crippen LogP contribution in [0.3, 0.4) is 0 Å². The van der Waals surface area contributed by atoms with E-state index in [9.17, 15) is 4.79 Å². The molecule has 0 N–H and O–H groups in total. The molecule has 0 aromatic rings. The molecule has 1 rings (SSSR count). The van der Waals surface area contributed by atoms with Gasteiger partial charge in [-0.1, -0.05) is 19.1 Å². The number of hydrogen-bond donors (Lipinski definition) is 0. The quantitative estimate of drug-likeness (QED) is 0.425. The van der Waals surface area contributed by atoms with E-state index >= 15 is 0 Å². The highest BCUT2D eigenvalue weighted by atomic mass is 16.5. The predicted octanol–water partition coefficient (Wildman–Crippen LogP) is 1.76. The van der Waals surface area contributed by atoms with Crippen LogP contribution in [0.5, 0.6) is 0 Å². The van der Waals surface area contributed by atoms with Gasteiger partial charge >= 0.3 is 5.97 Å². The standard InChI is InChI=1S/C9H14O2/c1-7-4-3-5-8(6-7)9(10)11-2/h3-4,7-8H,5-6H2,1-2H3. The van der Waals surface area contributed by atoms with Gasteiger partial charge in [-0.3, -0.25) is 4.79 Å². The topological polar surface area (TPSA) is 26.3 Å². The van der Waals surface area contributed by atoms with Gasteiger partial charge in [-0.25, -0.2) is 0 Å². The SMILES string of the molecule is COC(=O)C1CC=CC(C)C1. The monoisotopic (exact) mass is 154 g/mol. The van der Waals surface area contributed by atoms with E-state index in [1.807, 2.05) is 0 Å². The molecule has 0 spiro atoms. The normalized spacial score (nSPS) is 30.0. The van der Waals surface area contributed by atoms with Gasteiger partial charge in [0.25, 0.3) is 0 Å². The van der Waals surface area contributed by atoms with Crippen LogP contribution >= 0.6 is 0 Å². The van der Waals surface area contributed by atoms with Gasteiger partial charge in [0, 0.05) is 0 Å². The highest BCUT2D eigenvalue weighted by Crippen LogP contribution is 2.23. The summed E-state index contributed by atoms with van der Waals surface area (Å²) in [4.78, 5) is 11.1. The molecule has 2 heteroatoms. The second kappa shape index (κ2) is 3.56. The highest BCUT2D eigenvalue weighted by Gasteiger charge is 2.22. The summed E-state index contributed by atoms with van der Waals surface area (Å²) < 4.78 is 4.67. The van der Waals surface area contributed by atoms with Crippen LogP contribution in [0.25, 0.3) is 0 Å². The van der Waals surface area contributed by atoms with Crippen molar-refractivity contribution in [1.82, 2.24) is 0 Å². The summed E-state index contributed by atoms with van der Waals surface area (Å²) in [7, 11) is 1.45. The highest BCUT2D eigenvalue weighted by molar-refractivity contribution is 5.72. The van der Waals surface area contributed by atoms with E-state index in [1.165, 1.54) is 7.11 Å². The number of ether oxygens (including phenoxy) is 1. The minimum absolute atomic E-state index is 0.0683. The lowest BCUT2D eigenvalue weighted by Gasteiger charge is -2.19. The van der Waals surface area contributed by atoms with Gasteiger partial charge in [0.2, 0.25) is 0 Å². The van der Waals surface area contributed by atoms with E-state index in [0.717, 1.165) is 12.8 Å². The van der Waals surface area contributed by atoms with Crippen LogP contribution < -0.4 is 0 Å². The van der Waals surface area contributed by atoms with Gasteiger partial charge in [0.05, 0.1) is 13.0 Å². The molecule has 0 heterocycles. The van der Waals surface area contributed by atoms with Crippen molar-refractivity contribution < 1.29 is 9.53 Å². The third-order valence-corrected chi connectivity index (χ3v) is 2.08. The van der Waals surface area contributed by atoms with Gasteiger partial charge in [0.15, 0.2) is 0 Å². The molecule has 0 bridgehead atoms. The molecule has 0 saturated carbocycles. The molecular weight excluding hydrogens is 140 g/mol. The minimum Gasteiger partial charge on any atom is -0.469 e. The van der Waals surface area contributed by atoms with Crippen LogP contribution in [0.1, 0.15) is 19.8 Å². The maximum atomic E-state index is 11.1. The van der Waals surface area contributed by atoms with Crippen LogP contribution in [0, 0.1) is 11.8 Å². The van der Waals surface area contributed by atoms with Gasteiger partial charge in [-0.05, 0) is 18.8 Å². The first-order valence-corrected chi connectivity index (χ1v) is 3.98. The van der Waals surface area contributed by atoms with E-state index in [1.54, 1.807) is 0 Å². The lowest BCUT2D eigenvalue weighted by molar-refractivity contribution is -0.145. The van der Waals surface area contributed by atoms with Crippen molar-refractivity contribution in [3.05, 3.63) is 12.2 Å². The van der Waals surface area contributed by atoms with E-state index in [4.69, 9.17) is 0 Å². The fraction of sp³-hybridized carbons (Fsp3) is 0.667. The molecule has 0 aromatic heterocycles. The molecule has 0 saturated heterocycles. The Labute approximate surface area is 67.2 Å². The Morgan fingerprint density at radius 1 is 1.64 bits per heavy atom. The molecule has 1 aliphatic rings. The van der Waals surface area contributed by atoms with Crippen molar-refractivity contribution in [1.29, 1.82) is 0 Å². The summed E-state index contributed by atoms with van der Waals surface area (Å²) in [5, 5.41) is 0. The minimum atomic E-state index is -0.0683. The number of carbonyl (C=O) groups is 1. The summed E-state index contributed by atoms with van der Waals surface area (Å²) in [6, 6.07) is 0. The summed E-state index contributed by atoms with van der Waals surface area (Å²) >= 11 is 0. The third-order valence-electron chi connectivity index (χ3n) is 2.08. The second-order valence-corrected chi connectivity index (χ2v) is 3.10. The van der Waals surface area contributed by atoms with Crippen LogP contribution in [0.15, 0.2) is 12.2 Å². The first-order chi connectivity index (χ1) is 5.24. The zero-order chi connectivity index (χ0) is 8.27. The van der Waals surface area contributed by atoms with Crippen LogP contribution in [-0.2, 0) is 9.53 Å². The fourth-order valence-corrected chi connectivity index (χ4v) is 1.46. The Balaban J connectivity index is 2.49. The molecule has 2 atom stereocenters. The van der Waals surface area contributed by atoms with Gasteiger partial charge < -0.3 is 4.74 Å². The Kier molecular flexibility index (Phi) is 2.69. The van der Waals surface area contributed by atoms with Gasteiger partial charge in [0.1, 0.15) is 0 Å². The van der Waals surface area contributed by atoms with Gasteiger partial charge in [-0.2, -0.15) is 0 Å². The maximum absolute atomic E-state index is 11.1. The number of methoxy groups -OCH3 is 1. The van der Waals surface area contributed by atoms with Crippen molar-refractivity contribution in [3.63, 3.8) is 0 Å². The van der Waals surface area contributed by atoms with E-state index < -0.39 is 0 Å². The smallest absolute Gasteiger partial charge is 0.308 e. The third kappa shape index (κ3) is 2.07. The summed E-state index contributed by atoms with van der Waals surface area (Å²) in [5.74, 6) is 0.550. The molecule has 0 aromatic carbocycles. The molecule has 62 valence electrons. The van der Waals surface area contributed by atoms with Crippen molar-refractivity contribution in [3.8, 4) is 0 Å². The lowest BCUT2D eigenvalue weighted by atomic mass is 9.88. The molecule has 0 radical (unpaired) electrons. The number of hydrogen-bond acceptors (Lipinski definition) is 2. The number of carbonyl (C=O) groups excluding carboxylic acids is 1. The summed E-state index contributed by atoms with van der Waals surface area (Å²) in [6.45, 7) is 2.12. The van der Waals surface area contributed by atoms with E-state index in [0.29, 0.717) is 5.92 Å². The van der Waals surface area contributed by atoms with Crippen molar-refractivity contribution in [2.75, 3.05) is 7.11 Å². The average Bonchev–Trinajstić information content (AvgIpc) is 2.03. The van der Waals surface area contributed by atoms with E-state index in [2.05, 4.69) is 23.8 Å². The molecule has 11 heavy (non-hydrogen) atoms. The molecule has 0 fully saturated rings. The zero-order valence-corrected chi connectivity index (χ0v) is 7.04. The molecule has 1 aliphatic carbocycles. The molecule has 2 nitrogen and oxygen atoms in total. The summed E-state index contributed by atoms with van der Waals surface area (Å²) in [5.41, 5.74) is 0. The lowest BCUT2D eigenvalue weighted by Crippen LogP contribution is -2.20. The Hall–Kier alpha value is -0.790. The van der Waals surface area contributed by atoms with Crippen molar-refractivity contribution in [2.24, 2.45) is 11.8 Å². The maximum Gasteiger partial charge on any atom is 0.308 e. The first kappa shape index (κ1) is 8.31. The largest absolute Gasteiger partial charge is 0.469 e. The summed E-state index contributed by atoms with van der Waals surface area (Å²) in [6.07, 6.45) is 6.00. The van der Waals surface area contributed by atoms with Gasteiger partial charge in [-0.15, -0.1) is 0 Å². The predicted molar refractivity (Wildman–Crippen MR) is 43.0 cm³/mol. The molecule has 0 aliphatic heterocycles. The average molecular weight is 154 g/mol. The molecular formula is C9H14O2. The number of esters is 1. The molecule has 0 amide bonds. The van der Waals surface area contributed by atoms with E-state index in [-0.39, 0.29) is 11.9 Å². The van der Waals surface area contributed by atoms with Crippen molar-refractivity contribution in [2.45, 2.75) is 19.8 Å². The number of rotatable bonds is 1. The Bertz CT molecular complexity index is 172.